The summed E-state index contributed by atoms with van der Waals surface area (Å²) in [4.78, 5) is 11.8. The van der Waals surface area contributed by atoms with E-state index in [9.17, 15) is 4.79 Å². The minimum Gasteiger partial charge on any atom is -0.376 e. The number of amides is 1. The van der Waals surface area contributed by atoms with Crippen LogP contribution in [0.5, 0.6) is 0 Å². The highest BCUT2D eigenvalue weighted by Gasteiger charge is 2.02. The minimum atomic E-state index is -0.108. The third-order valence-corrected chi connectivity index (χ3v) is 3.11. The number of rotatable bonds is 5. The number of carbonyl (C=O) groups excluding carboxylic acids is 1. The molecule has 0 spiro atoms. The van der Waals surface area contributed by atoms with Crippen LogP contribution in [0.4, 0.5) is 11.4 Å². The van der Waals surface area contributed by atoms with E-state index in [-0.39, 0.29) is 12.5 Å². The van der Waals surface area contributed by atoms with Gasteiger partial charge in [-0.05, 0) is 48.4 Å². The first kappa shape index (κ1) is 14.6. The standard InChI is InChI=1S/C17H17N3O/c1-2-13-3-9-16(10-4-13)20-17(21)12-19-15-7-5-14(11-18)6-8-15/h3-10,19H,2,12H2,1H3,(H,20,21). The lowest BCUT2D eigenvalue weighted by atomic mass is 10.1. The summed E-state index contributed by atoms with van der Waals surface area (Å²) < 4.78 is 0. The Morgan fingerprint density at radius 3 is 2.24 bits per heavy atom. The molecule has 0 bridgehead atoms. The molecule has 4 heteroatoms. The summed E-state index contributed by atoms with van der Waals surface area (Å²) in [6.07, 6.45) is 0.981. The molecule has 106 valence electrons. The summed E-state index contributed by atoms with van der Waals surface area (Å²) >= 11 is 0. The van der Waals surface area contributed by atoms with Crippen LogP contribution in [0, 0.1) is 11.3 Å². The van der Waals surface area contributed by atoms with Gasteiger partial charge < -0.3 is 10.6 Å². The molecule has 0 aliphatic heterocycles. The number of nitrogens with zero attached hydrogens (tertiary/aromatic N) is 1. The van der Waals surface area contributed by atoms with E-state index < -0.39 is 0 Å². The molecule has 2 aromatic rings. The number of aryl methyl sites for hydroxylation is 1. The molecule has 0 radical (unpaired) electrons. The number of hydrogen-bond donors (Lipinski definition) is 2. The fourth-order valence-electron chi connectivity index (χ4n) is 1.87. The molecule has 4 nitrogen and oxygen atoms in total. The Morgan fingerprint density at radius 1 is 1.05 bits per heavy atom. The average Bonchev–Trinajstić information content (AvgIpc) is 2.54. The summed E-state index contributed by atoms with van der Waals surface area (Å²) in [7, 11) is 0. The molecule has 0 saturated heterocycles. The SMILES string of the molecule is CCc1ccc(NC(=O)CNc2ccc(C#N)cc2)cc1. The van der Waals surface area contributed by atoms with Crippen LogP contribution < -0.4 is 10.6 Å². The fraction of sp³-hybridized carbons (Fsp3) is 0.176. The Balaban J connectivity index is 1.84. The van der Waals surface area contributed by atoms with Crippen molar-refractivity contribution in [1.29, 1.82) is 5.26 Å². The zero-order valence-electron chi connectivity index (χ0n) is 11.9. The molecule has 2 aromatic carbocycles. The van der Waals surface area contributed by atoms with Gasteiger partial charge in [0.25, 0.3) is 0 Å². The van der Waals surface area contributed by atoms with Gasteiger partial charge in [0, 0.05) is 11.4 Å². The highest BCUT2D eigenvalue weighted by atomic mass is 16.1. The number of nitrogens with one attached hydrogen (secondary N) is 2. The van der Waals surface area contributed by atoms with Crippen molar-refractivity contribution in [3.05, 3.63) is 59.7 Å². The number of hydrogen-bond acceptors (Lipinski definition) is 3. The lowest BCUT2D eigenvalue weighted by Crippen LogP contribution is -2.21. The molecule has 0 saturated carbocycles. The Bertz CT molecular complexity index is 639. The quantitative estimate of drug-likeness (QED) is 0.883. The van der Waals surface area contributed by atoms with E-state index in [1.807, 2.05) is 24.3 Å². The van der Waals surface area contributed by atoms with Gasteiger partial charge in [0.05, 0.1) is 18.2 Å². The van der Waals surface area contributed by atoms with E-state index in [0.29, 0.717) is 5.56 Å². The molecule has 2 rings (SSSR count). The van der Waals surface area contributed by atoms with Crippen molar-refractivity contribution in [3.8, 4) is 6.07 Å². The molecule has 0 atom stereocenters. The van der Waals surface area contributed by atoms with Crippen LogP contribution in [0.3, 0.4) is 0 Å². The van der Waals surface area contributed by atoms with Crippen molar-refractivity contribution in [3.63, 3.8) is 0 Å². The lowest BCUT2D eigenvalue weighted by molar-refractivity contribution is -0.114. The number of benzene rings is 2. The van der Waals surface area contributed by atoms with Crippen molar-refractivity contribution >= 4 is 17.3 Å². The second-order valence-corrected chi connectivity index (χ2v) is 4.64. The molecule has 0 unspecified atom stereocenters. The third kappa shape index (κ3) is 4.36. The maximum absolute atomic E-state index is 11.8. The molecule has 0 fully saturated rings. The van der Waals surface area contributed by atoms with Gasteiger partial charge in [-0.2, -0.15) is 5.26 Å². The summed E-state index contributed by atoms with van der Waals surface area (Å²) in [5.74, 6) is -0.108. The van der Waals surface area contributed by atoms with E-state index in [1.54, 1.807) is 24.3 Å². The fourth-order valence-corrected chi connectivity index (χ4v) is 1.87. The molecule has 1 amide bonds. The van der Waals surface area contributed by atoms with Gasteiger partial charge in [-0.15, -0.1) is 0 Å². The Kier molecular flexibility index (Phi) is 4.94. The van der Waals surface area contributed by atoms with Gasteiger partial charge in [0.2, 0.25) is 5.91 Å². The zero-order valence-corrected chi connectivity index (χ0v) is 11.9. The molecular weight excluding hydrogens is 262 g/mol. The Morgan fingerprint density at radius 2 is 1.67 bits per heavy atom. The van der Waals surface area contributed by atoms with Gasteiger partial charge in [0.15, 0.2) is 0 Å². The highest BCUT2D eigenvalue weighted by Crippen LogP contribution is 2.11. The van der Waals surface area contributed by atoms with Crippen LogP contribution in [0.15, 0.2) is 48.5 Å². The van der Waals surface area contributed by atoms with Crippen molar-refractivity contribution in [2.45, 2.75) is 13.3 Å². The van der Waals surface area contributed by atoms with Crippen molar-refractivity contribution in [2.75, 3.05) is 17.2 Å². The van der Waals surface area contributed by atoms with Crippen LogP contribution in [0.1, 0.15) is 18.1 Å². The molecule has 0 aliphatic rings. The monoisotopic (exact) mass is 279 g/mol. The van der Waals surface area contributed by atoms with E-state index in [2.05, 4.69) is 23.6 Å². The van der Waals surface area contributed by atoms with Gasteiger partial charge in [-0.25, -0.2) is 0 Å². The normalized spacial score (nSPS) is 9.71. The van der Waals surface area contributed by atoms with Crippen molar-refractivity contribution in [1.82, 2.24) is 0 Å². The Labute approximate surface area is 124 Å². The minimum absolute atomic E-state index is 0.108. The van der Waals surface area contributed by atoms with Gasteiger partial charge >= 0.3 is 0 Å². The second-order valence-electron chi connectivity index (χ2n) is 4.64. The van der Waals surface area contributed by atoms with E-state index in [4.69, 9.17) is 5.26 Å². The predicted octanol–water partition coefficient (Wildman–Crippen LogP) is 3.17. The maximum atomic E-state index is 11.8. The van der Waals surface area contributed by atoms with Crippen LogP contribution in [-0.2, 0) is 11.2 Å². The zero-order chi connectivity index (χ0) is 15.1. The largest absolute Gasteiger partial charge is 0.376 e. The molecule has 0 aliphatic carbocycles. The van der Waals surface area contributed by atoms with Crippen LogP contribution in [0.25, 0.3) is 0 Å². The van der Waals surface area contributed by atoms with E-state index in [1.165, 1.54) is 5.56 Å². The molecule has 0 aromatic heterocycles. The van der Waals surface area contributed by atoms with Gasteiger partial charge in [0.1, 0.15) is 0 Å². The Hall–Kier alpha value is -2.80. The van der Waals surface area contributed by atoms with Crippen molar-refractivity contribution < 1.29 is 4.79 Å². The third-order valence-electron chi connectivity index (χ3n) is 3.11. The number of nitriles is 1. The predicted molar refractivity (Wildman–Crippen MR) is 84.1 cm³/mol. The van der Waals surface area contributed by atoms with Gasteiger partial charge in [-0.3, -0.25) is 4.79 Å². The molecule has 21 heavy (non-hydrogen) atoms. The second kappa shape index (κ2) is 7.11. The maximum Gasteiger partial charge on any atom is 0.243 e. The smallest absolute Gasteiger partial charge is 0.243 e. The topological polar surface area (TPSA) is 64.9 Å². The lowest BCUT2D eigenvalue weighted by Gasteiger charge is -2.08. The van der Waals surface area contributed by atoms with Crippen LogP contribution in [-0.4, -0.2) is 12.5 Å². The number of anilines is 2. The molecular formula is C17H17N3O. The summed E-state index contributed by atoms with van der Waals surface area (Å²) in [6, 6.07) is 16.8. The number of carbonyl (C=O) groups is 1. The van der Waals surface area contributed by atoms with E-state index in [0.717, 1.165) is 17.8 Å². The van der Waals surface area contributed by atoms with E-state index >= 15 is 0 Å². The summed E-state index contributed by atoms with van der Waals surface area (Å²) in [6.45, 7) is 2.27. The first-order valence-corrected chi connectivity index (χ1v) is 6.84. The highest BCUT2D eigenvalue weighted by molar-refractivity contribution is 5.93. The first-order valence-electron chi connectivity index (χ1n) is 6.84. The van der Waals surface area contributed by atoms with Crippen LogP contribution >= 0.6 is 0 Å². The summed E-state index contributed by atoms with van der Waals surface area (Å²) in [5, 5.41) is 14.6. The molecule has 0 heterocycles. The average molecular weight is 279 g/mol. The summed E-state index contributed by atoms with van der Waals surface area (Å²) in [5.41, 5.74) is 3.44. The van der Waals surface area contributed by atoms with Crippen LogP contribution in [0.2, 0.25) is 0 Å². The van der Waals surface area contributed by atoms with Crippen molar-refractivity contribution in [2.24, 2.45) is 0 Å². The van der Waals surface area contributed by atoms with Gasteiger partial charge in [-0.1, -0.05) is 19.1 Å². The molecule has 2 N–H and O–H groups in total. The first-order chi connectivity index (χ1) is 10.2.